The fourth-order valence-corrected chi connectivity index (χ4v) is 3.47. The molecule has 14 heavy (non-hydrogen) atoms. The number of nitrogens with zero attached hydrogens (tertiary/aromatic N) is 1. The van der Waals surface area contributed by atoms with Crippen molar-refractivity contribution in [1.82, 2.24) is 0 Å². The van der Waals surface area contributed by atoms with Gasteiger partial charge in [0.25, 0.3) is 0 Å². The summed E-state index contributed by atoms with van der Waals surface area (Å²) in [5, 5.41) is 0. The number of fused-ring (bicyclic) bond motifs is 2. The summed E-state index contributed by atoms with van der Waals surface area (Å²) in [6.45, 7) is 1.34. The van der Waals surface area contributed by atoms with Crippen LogP contribution in [-0.4, -0.2) is 25.1 Å². The average Bonchev–Trinajstić information content (AvgIpc) is 2.17. The molecule has 0 radical (unpaired) electrons. The van der Waals surface area contributed by atoms with Crippen molar-refractivity contribution in [2.75, 3.05) is 20.6 Å². The highest BCUT2D eigenvalue weighted by molar-refractivity contribution is 5.36. The molecular formula is C13H18N+. The lowest BCUT2D eigenvalue weighted by molar-refractivity contribution is -0.930. The molecule has 0 saturated carbocycles. The Kier molecular flexibility index (Phi) is 1.58. The van der Waals surface area contributed by atoms with Crippen molar-refractivity contribution in [2.45, 2.75) is 24.8 Å². The monoisotopic (exact) mass is 188 g/mol. The van der Waals surface area contributed by atoms with E-state index < -0.39 is 0 Å². The summed E-state index contributed by atoms with van der Waals surface area (Å²) in [7, 11) is 4.76. The van der Waals surface area contributed by atoms with Gasteiger partial charge in [0.2, 0.25) is 0 Å². The van der Waals surface area contributed by atoms with E-state index in [1.807, 2.05) is 0 Å². The van der Waals surface area contributed by atoms with Crippen molar-refractivity contribution in [3.05, 3.63) is 35.4 Å². The Morgan fingerprint density at radius 3 is 2.50 bits per heavy atom. The van der Waals surface area contributed by atoms with Crippen LogP contribution in [0.2, 0.25) is 0 Å². The minimum Gasteiger partial charge on any atom is -0.322 e. The van der Waals surface area contributed by atoms with Crippen LogP contribution in [0.15, 0.2) is 24.3 Å². The first-order valence-electron chi connectivity index (χ1n) is 5.60. The van der Waals surface area contributed by atoms with Crippen molar-refractivity contribution in [1.29, 1.82) is 0 Å². The zero-order valence-corrected chi connectivity index (χ0v) is 9.03. The summed E-state index contributed by atoms with van der Waals surface area (Å²) in [6, 6.07) is 9.83. The van der Waals surface area contributed by atoms with E-state index >= 15 is 0 Å². The Morgan fingerprint density at radius 1 is 1.07 bits per heavy atom. The summed E-state index contributed by atoms with van der Waals surface area (Å²) in [5.41, 5.74) is 3.27. The molecule has 2 atom stereocenters. The molecule has 2 aliphatic heterocycles. The summed E-state index contributed by atoms with van der Waals surface area (Å²) < 4.78 is 1.20. The number of rotatable bonds is 0. The highest BCUT2D eigenvalue weighted by Crippen LogP contribution is 2.48. The Labute approximate surface area is 85.9 Å². The number of benzene rings is 1. The van der Waals surface area contributed by atoms with Gasteiger partial charge >= 0.3 is 0 Å². The van der Waals surface area contributed by atoms with Crippen LogP contribution in [0.4, 0.5) is 0 Å². The van der Waals surface area contributed by atoms with Crippen LogP contribution in [0.3, 0.4) is 0 Å². The number of quaternary nitrogens is 1. The van der Waals surface area contributed by atoms with Crippen LogP contribution < -0.4 is 0 Å². The fraction of sp³-hybridized carbons (Fsp3) is 0.538. The molecule has 2 unspecified atom stereocenters. The van der Waals surface area contributed by atoms with Crippen molar-refractivity contribution in [3.63, 3.8) is 0 Å². The molecule has 1 aromatic carbocycles. The first-order chi connectivity index (χ1) is 6.68. The minimum absolute atomic E-state index is 0.760. The van der Waals surface area contributed by atoms with E-state index in [-0.39, 0.29) is 0 Å². The molecule has 0 N–H and O–H groups in total. The second-order valence-corrected chi connectivity index (χ2v) is 5.38. The average molecular weight is 188 g/mol. The quantitative estimate of drug-likeness (QED) is 0.549. The van der Waals surface area contributed by atoms with Crippen LogP contribution in [0.1, 0.15) is 35.9 Å². The minimum atomic E-state index is 0.760. The molecule has 1 saturated heterocycles. The Morgan fingerprint density at radius 2 is 1.79 bits per heavy atom. The van der Waals surface area contributed by atoms with E-state index in [1.54, 1.807) is 11.1 Å². The van der Waals surface area contributed by atoms with Gasteiger partial charge in [-0.1, -0.05) is 24.3 Å². The first-order valence-corrected chi connectivity index (χ1v) is 5.60. The number of likely N-dealkylation sites (N-methyl/N-ethyl adjacent to an activating group) is 1. The third-order valence-electron chi connectivity index (χ3n) is 4.12. The SMILES string of the molecule is C[N+]1(C)CC2CCC1c1ccccc12. The lowest BCUT2D eigenvalue weighted by Crippen LogP contribution is -2.52. The van der Waals surface area contributed by atoms with Crippen LogP contribution in [0.25, 0.3) is 0 Å². The maximum Gasteiger partial charge on any atom is 0.115 e. The van der Waals surface area contributed by atoms with Crippen molar-refractivity contribution < 1.29 is 4.48 Å². The highest BCUT2D eigenvalue weighted by atomic mass is 15.3. The van der Waals surface area contributed by atoms with Gasteiger partial charge < -0.3 is 4.48 Å². The molecule has 4 rings (SSSR count). The lowest BCUT2D eigenvalue weighted by Gasteiger charge is -2.50. The number of hydrogen-bond acceptors (Lipinski definition) is 0. The lowest BCUT2D eigenvalue weighted by atomic mass is 9.74. The highest BCUT2D eigenvalue weighted by Gasteiger charge is 2.44. The molecule has 74 valence electrons. The molecule has 1 nitrogen and oxygen atoms in total. The number of piperidine rings is 1. The van der Waals surface area contributed by atoms with Gasteiger partial charge in [0.1, 0.15) is 6.04 Å². The van der Waals surface area contributed by atoms with Crippen LogP contribution in [0, 0.1) is 0 Å². The molecule has 1 fully saturated rings. The molecule has 2 bridgehead atoms. The smallest absolute Gasteiger partial charge is 0.115 e. The Hall–Kier alpha value is -0.820. The van der Waals surface area contributed by atoms with E-state index in [0.29, 0.717) is 0 Å². The van der Waals surface area contributed by atoms with E-state index in [0.717, 1.165) is 12.0 Å². The van der Waals surface area contributed by atoms with Crippen LogP contribution in [-0.2, 0) is 0 Å². The van der Waals surface area contributed by atoms with Crippen molar-refractivity contribution in [2.24, 2.45) is 0 Å². The maximum atomic E-state index is 2.38. The Balaban J connectivity index is 2.18. The van der Waals surface area contributed by atoms with Gasteiger partial charge in [-0.25, -0.2) is 0 Å². The van der Waals surface area contributed by atoms with Gasteiger partial charge in [-0.15, -0.1) is 0 Å². The molecule has 3 aliphatic rings. The molecular weight excluding hydrogens is 170 g/mol. The van der Waals surface area contributed by atoms with E-state index in [9.17, 15) is 0 Å². The molecule has 2 heterocycles. The van der Waals surface area contributed by atoms with Gasteiger partial charge in [0.05, 0.1) is 20.6 Å². The summed E-state index contributed by atoms with van der Waals surface area (Å²) >= 11 is 0. The molecule has 0 spiro atoms. The standard InChI is InChI=1S/C13H18N/c1-14(2)9-10-7-8-13(14)12-6-4-3-5-11(10)12/h3-6,10,13H,7-9H2,1-2H3/q+1. The second-order valence-electron chi connectivity index (χ2n) is 5.38. The first kappa shape index (κ1) is 8.49. The molecule has 0 amide bonds. The fourth-order valence-electron chi connectivity index (χ4n) is 3.47. The van der Waals surface area contributed by atoms with Gasteiger partial charge in [-0.05, 0) is 12.0 Å². The largest absolute Gasteiger partial charge is 0.322 e. The van der Waals surface area contributed by atoms with E-state index in [2.05, 4.69) is 38.4 Å². The van der Waals surface area contributed by atoms with Gasteiger partial charge in [0.15, 0.2) is 0 Å². The van der Waals surface area contributed by atoms with Gasteiger partial charge in [-0.3, -0.25) is 0 Å². The predicted octanol–water partition coefficient (Wildman–Crippen LogP) is 2.70. The van der Waals surface area contributed by atoms with Gasteiger partial charge in [-0.2, -0.15) is 0 Å². The van der Waals surface area contributed by atoms with Crippen molar-refractivity contribution in [3.8, 4) is 0 Å². The van der Waals surface area contributed by atoms with Crippen molar-refractivity contribution >= 4 is 0 Å². The summed E-state index contributed by atoms with van der Waals surface area (Å²) in [5.74, 6) is 0.825. The second kappa shape index (κ2) is 2.60. The molecule has 1 heteroatoms. The van der Waals surface area contributed by atoms with E-state index in [4.69, 9.17) is 0 Å². The molecule has 1 aliphatic carbocycles. The topological polar surface area (TPSA) is 0 Å². The summed E-state index contributed by atoms with van der Waals surface area (Å²) in [6.07, 6.45) is 2.79. The predicted molar refractivity (Wildman–Crippen MR) is 58.1 cm³/mol. The maximum absolute atomic E-state index is 2.38. The van der Waals surface area contributed by atoms with Crippen LogP contribution >= 0.6 is 0 Å². The van der Waals surface area contributed by atoms with Gasteiger partial charge in [0, 0.05) is 17.9 Å². The molecule has 1 aromatic rings. The van der Waals surface area contributed by atoms with E-state index in [1.165, 1.54) is 23.9 Å². The zero-order chi connectivity index (χ0) is 9.76. The number of hydrogen-bond donors (Lipinski definition) is 0. The zero-order valence-electron chi connectivity index (χ0n) is 9.03. The van der Waals surface area contributed by atoms with Crippen LogP contribution in [0.5, 0.6) is 0 Å². The normalized spacial score (nSPS) is 32.7. The Bertz CT molecular complexity index is 367. The third kappa shape index (κ3) is 0.992. The third-order valence-corrected chi connectivity index (χ3v) is 4.12. The molecule has 0 aromatic heterocycles. The summed E-state index contributed by atoms with van der Waals surface area (Å²) in [4.78, 5) is 0.